The Morgan fingerprint density at radius 2 is 1.77 bits per heavy atom. The van der Waals surface area contributed by atoms with Gasteiger partial charge in [0.2, 0.25) is 0 Å². The molecule has 4 N–H and O–H groups in total. The molecule has 1 aromatic carbocycles. The number of ether oxygens (including phenoxy) is 1. The van der Waals surface area contributed by atoms with Crippen molar-refractivity contribution in [3.8, 4) is 17.1 Å². The number of rotatable bonds is 5. The van der Waals surface area contributed by atoms with Gasteiger partial charge >= 0.3 is 0 Å². The molecule has 8 nitrogen and oxygen atoms in total. The fourth-order valence-electron chi connectivity index (χ4n) is 4.53. The van der Waals surface area contributed by atoms with Crippen molar-refractivity contribution in [2.24, 2.45) is 0 Å². The average Bonchev–Trinajstić information content (AvgIpc) is 2.99. The summed E-state index contributed by atoms with van der Waals surface area (Å²) < 4.78 is 5.80. The van der Waals surface area contributed by atoms with Crippen LogP contribution >= 0.6 is 0 Å². The van der Waals surface area contributed by atoms with Crippen molar-refractivity contribution in [3.05, 3.63) is 54.4 Å². The van der Waals surface area contributed by atoms with Crippen molar-refractivity contribution in [3.63, 3.8) is 0 Å². The van der Waals surface area contributed by atoms with E-state index in [4.69, 9.17) is 16.2 Å². The normalized spacial score (nSPS) is 20.7. The highest BCUT2D eigenvalue weighted by molar-refractivity contribution is 5.64. The molecule has 2 aliphatic rings. The van der Waals surface area contributed by atoms with Crippen LogP contribution in [0.1, 0.15) is 18.4 Å². The number of nitrogens with zero attached hydrogens (tertiary/aromatic N) is 5. The van der Waals surface area contributed by atoms with Crippen molar-refractivity contribution in [2.75, 3.05) is 36.5 Å². The predicted octanol–water partition coefficient (Wildman–Crippen LogP) is 2.56. The molecule has 0 aliphatic carbocycles. The Kier molecular flexibility index (Phi) is 5.07. The number of likely N-dealkylation sites (N-methyl/N-ethyl adjacent to an activating group) is 1. The Balaban J connectivity index is 1.30. The molecule has 8 heteroatoms. The van der Waals surface area contributed by atoms with Gasteiger partial charge in [0.25, 0.3) is 5.88 Å². The van der Waals surface area contributed by atoms with E-state index in [9.17, 15) is 0 Å². The third kappa shape index (κ3) is 3.98. The molecule has 2 unspecified atom stereocenters. The quantitative estimate of drug-likeness (QED) is 0.652. The number of fused-ring (bicyclic) bond motifs is 2. The number of benzene rings is 1. The summed E-state index contributed by atoms with van der Waals surface area (Å²) in [4.78, 5) is 17.9. The third-order valence-corrected chi connectivity index (χ3v) is 6.36. The summed E-state index contributed by atoms with van der Waals surface area (Å²) in [5.41, 5.74) is 15.6. The van der Waals surface area contributed by atoms with E-state index in [1.165, 1.54) is 18.5 Å². The van der Waals surface area contributed by atoms with Crippen molar-refractivity contribution in [2.45, 2.75) is 31.5 Å². The van der Waals surface area contributed by atoms with Gasteiger partial charge in [-0.1, -0.05) is 12.1 Å². The monoisotopic (exact) mass is 417 g/mol. The van der Waals surface area contributed by atoms with Crippen LogP contribution in [-0.2, 0) is 6.61 Å². The van der Waals surface area contributed by atoms with Crippen LogP contribution in [0.2, 0.25) is 0 Å². The molecule has 2 aliphatic heterocycles. The van der Waals surface area contributed by atoms with Crippen LogP contribution in [0.15, 0.2) is 48.8 Å². The van der Waals surface area contributed by atoms with Crippen LogP contribution < -0.4 is 21.1 Å². The Bertz CT molecular complexity index is 1060. The lowest BCUT2D eigenvalue weighted by atomic mass is 10.1. The minimum absolute atomic E-state index is 0.260. The first-order valence-corrected chi connectivity index (χ1v) is 10.6. The maximum absolute atomic E-state index is 5.98. The maximum Gasteiger partial charge on any atom is 0.258 e. The second-order valence-corrected chi connectivity index (χ2v) is 8.33. The third-order valence-electron chi connectivity index (χ3n) is 6.36. The lowest BCUT2D eigenvalue weighted by Gasteiger charge is -2.40. The number of anilines is 3. The Morgan fingerprint density at radius 1 is 1.03 bits per heavy atom. The predicted molar refractivity (Wildman–Crippen MR) is 122 cm³/mol. The van der Waals surface area contributed by atoms with Crippen LogP contribution in [0.5, 0.6) is 5.88 Å². The standard InChI is InChI=1S/C23H27N7O/c1-29-18-6-7-19(29)13-30(12-18)17-4-2-16(3-5-17)20-11-27-22(25)23(28-20)31-14-15-8-9-26-21(24)10-15/h2-5,8-11,18-19H,6-7,12-14H2,1H3,(H2,24,26)(H2,25,27). The molecule has 2 saturated heterocycles. The van der Waals surface area contributed by atoms with Crippen LogP contribution in [0, 0.1) is 0 Å². The first-order valence-electron chi connectivity index (χ1n) is 10.6. The summed E-state index contributed by atoms with van der Waals surface area (Å²) in [5.74, 6) is 1.02. The summed E-state index contributed by atoms with van der Waals surface area (Å²) >= 11 is 0. The Labute approximate surface area is 181 Å². The van der Waals surface area contributed by atoms with Crippen LogP contribution in [0.3, 0.4) is 0 Å². The zero-order chi connectivity index (χ0) is 21.4. The van der Waals surface area contributed by atoms with E-state index >= 15 is 0 Å². The summed E-state index contributed by atoms with van der Waals surface area (Å²) in [7, 11) is 2.26. The first-order chi connectivity index (χ1) is 15.1. The molecule has 4 heterocycles. The van der Waals surface area contributed by atoms with Gasteiger partial charge in [0.15, 0.2) is 5.82 Å². The fraction of sp³-hybridized carbons (Fsp3) is 0.348. The molecule has 160 valence electrons. The second kappa shape index (κ2) is 8.03. The van der Waals surface area contributed by atoms with E-state index in [0.717, 1.165) is 29.9 Å². The lowest BCUT2D eigenvalue weighted by Crippen LogP contribution is -2.51. The molecule has 0 radical (unpaired) electrons. The lowest BCUT2D eigenvalue weighted by molar-refractivity contribution is 0.212. The van der Waals surface area contributed by atoms with Crippen molar-refractivity contribution in [1.82, 2.24) is 19.9 Å². The molecule has 0 spiro atoms. The second-order valence-electron chi connectivity index (χ2n) is 8.33. The van der Waals surface area contributed by atoms with E-state index in [1.54, 1.807) is 18.5 Å². The summed E-state index contributed by atoms with van der Waals surface area (Å²) in [5, 5.41) is 0. The molecule has 0 amide bonds. The van der Waals surface area contributed by atoms with Gasteiger partial charge in [-0.15, -0.1) is 0 Å². The van der Waals surface area contributed by atoms with Crippen LogP contribution in [0.25, 0.3) is 11.3 Å². The molecular formula is C23H27N7O. The number of hydrogen-bond acceptors (Lipinski definition) is 8. The number of pyridine rings is 1. The van der Waals surface area contributed by atoms with Gasteiger partial charge in [0.1, 0.15) is 12.4 Å². The minimum Gasteiger partial charge on any atom is -0.470 e. The molecule has 3 aromatic rings. The highest BCUT2D eigenvalue weighted by Crippen LogP contribution is 2.32. The summed E-state index contributed by atoms with van der Waals surface area (Å²) in [6.45, 7) is 2.47. The van der Waals surface area contributed by atoms with Gasteiger partial charge < -0.3 is 21.1 Å². The van der Waals surface area contributed by atoms with Crippen LogP contribution in [-0.4, -0.2) is 52.1 Å². The summed E-state index contributed by atoms with van der Waals surface area (Å²) in [6, 6.07) is 13.4. The van der Waals surface area contributed by atoms with E-state index in [2.05, 4.69) is 56.1 Å². The number of piperazine rings is 1. The smallest absolute Gasteiger partial charge is 0.258 e. The molecule has 2 bridgehead atoms. The molecular weight excluding hydrogens is 390 g/mol. The zero-order valence-electron chi connectivity index (χ0n) is 17.6. The average molecular weight is 418 g/mol. The van der Waals surface area contributed by atoms with E-state index in [-0.39, 0.29) is 5.82 Å². The number of nitrogens with two attached hydrogens (primary N) is 2. The van der Waals surface area contributed by atoms with E-state index in [0.29, 0.717) is 30.4 Å². The topological polar surface area (TPSA) is 106 Å². The van der Waals surface area contributed by atoms with Crippen molar-refractivity contribution in [1.29, 1.82) is 0 Å². The molecule has 2 fully saturated rings. The van der Waals surface area contributed by atoms with Gasteiger partial charge in [0.05, 0.1) is 11.9 Å². The Morgan fingerprint density at radius 3 is 2.48 bits per heavy atom. The fourth-order valence-corrected chi connectivity index (χ4v) is 4.53. The van der Waals surface area contributed by atoms with Gasteiger partial charge in [0, 0.05) is 42.6 Å². The number of aromatic nitrogens is 3. The highest BCUT2D eigenvalue weighted by Gasteiger charge is 2.37. The maximum atomic E-state index is 5.98. The van der Waals surface area contributed by atoms with Crippen LogP contribution in [0.4, 0.5) is 17.3 Å². The summed E-state index contributed by atoms with van der Waals surface area (Å²) in [6.07, 6.45) is 5.92. The minimum atomic E-state index is 0.260. The molecule has 0 saturated carbocycles. The van der Waals surface area contributed by atoms with E-state index in [1.807, 2.05) is 6.07 Å². The molecule has 2 atom stereocenters. The van der Waals surface area contributed by atoms with Crippen molar-refractivity contribution >= 4 is 17.3 Å². The largest absolute Gasteiger partial charge is 0.470 e. The van der Waals surface area contributed by atoms with Gasteiger partial charge in [-0.05, 0) is 49.7 Å². The van der Waals surface area contributed by atoms with Gasteiger partial charge in [-0.25, -0.2) is 15.0 Å². The Hall–Kier alpha value is -3.39. The van der Waals surface area contributed by atoms with Gasteiger partial charge in [-0.2, -0.15) is 0 Å². The molecule has 31 heavy (non-hydrogen) atoms. The highest BCUT2D eigenvalue weighted by atomic mass is 16.5. The number of hydrogen-bond donors (Lipinski definition) is 2. The zero-order valence-corrected chi connectivity index (χ0v) is 17.6. The van der Waals surface area contributed by atoms with Gasteiger partial charge in [-0.3, -0.25) is 4.90 Å². The van der Waals surface area contributed by atoms with Crippen molar-refractivity contribution < 1.29 is 4.74 Å². The van der Waals surface area contributed by atoms with E-state index < -0.39 is 0 Å². The first kappa shape index (κ1) is 19.6. The molecule has 2 aromatic heterocycles. The molecule has 5 rings (SSSR count). The SMILES string of the molecule is CN1C2CCC1CN(c1ccc(-c3cnc(N)c(OCc4ccnc(N)c4)n3)cc1)C2. The number of nitrogen functional groups attached to an aromatic ring is 2.